The second kappa shape index (κ2) is 70.2. The molecule has 96 heavy (non-hydrogen) atoms. The highest BCUT2D eigenvalue weighted by Gasteiger charge is 2.30. The molecule has 0 aliphatic rings. The fraction of sp³-hybridized carbons (Fsp3) is 0.818. The van der Waals surface area contributed by atoms with Gasteiger partial charge >= 0.3 is 39.5 Å². The Morgan fingerprint density at radius 2 is 0.542 bits per heavy atom. The second-order valence-corrected chi connectivity index (χ2v) is 28.8. The van der Waals surface area contributed by atoms with Gasteiger partial charge in [0.05, 0.1) is 26.4 Å². The van der Waals surface area contributed by atoms with Crippen molar-refractivity contribution in [2.24, 2.45) is 0 Å². The second-order valence-electron chi connectivity index (χ2n) is 25.9. The Bertz CT molecular complexity index is 2060. The fourth-order valence-electron chi connectivity index (χ4n) is 10.6. The van der Waals surface area contributed by atoms with E-state index >= 15 is 0 Å². The van der Waals surface area contributed by atoms with Gasteiger partial charge in [0.2, 0.25) is 0 Å². The van der Waals surface area contributed by atoms with Gasteiger partial charge in [0.25, 0.3) is 0 Å². The number of carbonyl (C=O) groups is 4. The minimum absolute atomic E-state index is 0.0861. The average Bonchev–Trinajstić information content (AvgIpc) is 1.17. The van der Waals surface area contributed by atoms with E-state index in [4.69, 9.17) is 37.0 Å². The summed E-state index contributed by atoms with van der Waals surface area (Å²) in [7, 11) is -9.93. The number of phosphoric ester groups is 2. The first-order valence-corrected chi connectivity index (χ1v) is 41.5. The van der Waals surface area contributed by atoms with Crippen LogP contribution in [0.4, 0.5) is 0 Å². The Kier molecular flexibility index (Phi) is 67.8. The van der Waals surface area contributed by atoms with Crippen molar-refractivity contribution in [3.63, 3.8) is 0 Å². The molecule has 0 saturated heterocycles. The molecule has 17 nitrogen and oxygen atoms in total. The smallest absolute Gasteiger partial charge is 0.462 e. The highest BCUT2D eigenvalue weighted by molar-refractivity contribution is 7.47. The summed E-state index contributed by atoms with van der Waals surface area (Å²) in [5.41, 5.74) is 0. The van der Waals surface area contributed by atoms with Crippen molar-refractivity contribution in [1.82, 2.24) is 0 Å². The third-order valence-electron chi connectivity index (χ3n) is 16.5. The largest absolute Gasteiger partial charge is 0.472 e. The lowest BCUT2D eigenvalue weighted by molar-refractivity contribution is -0.161. The third kappa shape index (κ3) is 69.2. The quantitative estimate of drug-likeness (QED) is 0.0169. The standard InChI is InChI=1S/C77H140O17P2/c1-5-9-13-17-21-25-29-32-34-35-37-40-43-46-50-54-58-62-75(80)88-68-73(94-77(82)64-60-56-52-48-44-38-31-27-23-19-15-11-7-3)70-92-96(85,86)90-66-71(78)65-89-95(83,84)91-69-72(93-76(81)63-59-55-51-47-41-28-24-20-16-12-8-4)67-87-74(79)61-57-53-49-45-42-39-36-33-30-26-22-18-14-10-6-2/h9,13,21,25,27,31-34,36,71-73,78H,5-8,10-12,14-20,22-24,26,28-30,35,37-70H2,1-4H3,(H,83,84)(H,85,86)/b13-9-,25-21-,31-27-,34-32-,36-33-. The van der Waals surface area contributed by atoms with Gasteiger partial charge in [0.1, 0.15) is 19.3 Å². The number of hydrogen-bond donors (Lipinski definition) is 3. The Hall–Kier alpha value is -3.24. The summed E-state index contributed by atoms with van der Waals surface area (Å²) in [4.78, 5) is 72.8. The molecule has 0 amide bonds. The summed E-state index contributed by atoms with van der Waals surface area (Å²) >= 11 is 0. The lowest BCUT2D eigenvalue weighted by atomic mass is 10.1. The predicted octanol–water partition coefficient (Wildman–Crippen LogP) is 21.9. The maximum atomic E-state index is 13.1. The molecule has 0 bridgehead atoms. The van der Waals surface area contributed by atoms with Crippen LogP contribution in [-0.2, 0) is 65.4 Å². The van der Waals surface area contributed by atoms with Crippen LogP contribution >= 0.6 is 15.6 Å². The molecule has 0 saturated carbocycles. The van der Waals surface area contributed by atoms with E-state index in [-0.39, 0.29) is 25.7 Å². The monoisotopic (exact) mass is 1400 g/mol. The number of rotatable bonds is 73. The molecule has 5 atom stereocenters. The van der Waals surface area contributed by atoms with E-state index in [0.717, 1.165) is 167 Å². The summed E-state index contributed by atoms with van der Waals surface area (Å²) < 4.78 is 68.4. The lowest BCUT2D eigenvalue weighted by Crippen LogP contribution is -2.30. The maximum absolute atomic E-state index is 13.1. The first-order valence-electron chi connectivity index (χ1n) is 38.5. The zero-order chi connectivity index (χ0) is 70.4. The van der Waals surface area contributed by atoms with Crippen LogP contribution in [0.25, 0.3) is 0 Å². The first kappa shape index (κ1) is 92.8. The number of allylic oxidation sites excluding steroid dienone is 10. The Morgan fingerprint density at radius 3 is 0.854 bits per heavy atom. The van der Waals surface area contributed by atoms with Crippen molar-refractivity contribution in [3.05, 3.63) is 60.8 Å². The molecule has 5 unspecified atom stereocenters. The van der Waals surface area contributed by atoms with E-state index in [1.54, 1.807) is 0 Å². The molecule has 0 rings (SSSR count). The molecule has 0 radical (unpaired) electrons. The first-order chi connectivity index (χ1) is 46.7. The molecular formula is C77H140O17P2. The van der Waals surface area contributed by atoms with Gasteiger partial charge in [-0.25, -0.2) is 9.13 Å². The molecule has 0 heterocycles. The molecule has 0 aromatic carbocycles. The van der Waals surface area contributed by atoms with Gasteiger partial charge < -0.3 is 33.8 Å². The number of aliphatic hydroxyl groups excluding tert-OH is 1. The molecule has 0 aromatic heterocycles. The van der Waals surface area contributed by atoms with Gasteiger partial charge in [0, 0.05) is 25.7 Å². The molecule has 0 fully saturated rings. The lowest BCUT2D eigenvalue weighted by Gasteiger charge is -2.21. The van der Waals surface area contributed by atoms with E-state index in [2.05, 4.69) is 88.5 Å². The van der Waals surface area contributed by atoms with E-state index < -0.39 is 97.5 Å². The van der Waals surface area contributed by atoms with Crippen LogP contribution < -0.4 is 0 Å². The number of hydrogen-bond acceptors (Lipinski definition) is 15. The van der Waals surface area contributed by atoms with Crippen LogP contribution in [0.5, 0.6) is 0 Å². The van der Waals surface area contributed by atoms with Gasteiger partial charge in [0.15, 0.2) is 12.2 Å². The number of unbranched alkanes of at least 4 members (excludes halogenated alkanes) is 37. The number of carbonyl (C=O) groups excluding carboxylic acids is 4. The van der Waals surface area contributed by atoms with Crippen molar-refractivity contribution in [2.75, 3.05) is 39.6 Å². The summed E-state index contributed by atoms with van der Waals surface area (Å²) in [6.07, 6.45) is 67.8. The van der Waals surface area contributed by atoms with E-state index in [1.807, 2.05) is 0 Å². The minimum atomic E-state index is -4.97. The molecule has 0 spiro atoms. The van der Waals surface area contributed by atoms with Crippen LogP contribution in [0.1, 0.15) is 349 Å². The van der Waals surface area contributed by atoms with Crippen molar-refractivity contribution in [1.29, 1.82) is 0 Å². The topological polar surface area (TPSA) is 237 Å². The van der Waals surface area contributed by atoms with Gasteiger partial charge in [-0.15, -0.1) is 0 Å². The summed E-state index contributed by atoms with van der Waals surface area (Å²) in [6, 6.07) is 0. The Balaban J connectivity index is 5.29. The molecule has 0 aromatic rings. The van der Waals surface area contributed by atoms with Crippen LogP contribution in [0, 0.1) is 0 Å². The van der Waals surface area contributed by atoms with Crippen molar-refractivity contribution >= 4 is 39.5 Å². The predicted molar refractivity (Wildman–Crippen MR) is 390 cm³/mol. The Morgan fingerprint density at radius 1 is 0.302 bits per heavy atom. The van der Waals surface area contributed by atoms with E-state index in [9.17, 15) is 43.2 Å². The van der Waals surface area contributed by atoms with Crippen molar-refractivity contribution in [2.45, 2.75) is 367 Å². The SMILES string of the molecule is CC/C=C\C/C=C\C/C=C\CCCCCCCCCC(=O)OCC(COP(=O)(O)OCC(O)COP(=O)(O)OCC(COC(=O)CCCCCCC/C=C\CCCCCCCC)OC(=O)CCCCCCCCCCCCC)OC(=O)CCCCCCC/C=C\CCCCCC. The molecule has 3 N–H and O–H groups in total. The Labute approximate surface area is 584 Å². The van der Waals surface area contributed by atoms with Crippen LogP contribution in [-0.4, -0.2) is 96.7 Å². The molecule has 19 heteroatoms. The molecule has 0 aliphatic heterocycles. The highest BCUT2D eigenvalue weighted by atomic mass is 31.2. The number of ether oxygens (including phenoxy) is 4. The highest BCUT2D eigenvalue weighted by Crippen LogP contribution is 2.45. The van der Waals surface area contributed by atoms with Gasteiger partial charge in [-0.05, 0) is 109 Å². The van der Waals surface area contributed by atoms with Crippen molar-refractivity contribution < 1.29 is 80.2 Å². The van der Waals surface area contributed by atoms with Gasteiger partial charge in [-0.1, -0.05) is 275 Å². The zero-order valence-electron chi connectivity index (χ0n) is 61.1. The minimum Gasteiger partial charge on any atom is -0.462 e. The number of esters is 4. The van der Waals surface area contributed by atoms with E-state index in [1.165, 1.54) is 103 Å². The summed E-state index contributed by atoms with van der Waals surface area (Å²) in [5.74, 6) is -2.17. The number of aliphatic hydroxyl groups is 1. The molecule has 0 aliphatic carbocycles. The number of phosphoric acid groups is 2. The summed E-state index contributed by atoms with van der Waals surface area (Å²) in [5, 5.41) is 10.6. The van der Waals surface area contributed by atoms with E-state index in [0.29, 0.717) is 25.7 Å². The van der Waals surface area contributed by atoms with Crippen LogP contribution in [0.15, 0.2) is 60.8 Å². The third-order valence-corrected chi connectivity index (χ3v) is 18.4. The molecular weight excluding hydrogens is 1260 g/mol. The zero-order valence-corrected chi connectivity index (χ0v) is 62.8. The van der Waals surface area contributed by atoms with Crippen molar-refractivity contribution in [3.8, 4) is 0 Å². The van der Waals surface area contributed by atoms with Gasteiger partial charge in [-0.3, -0.25) is 37.3 Å². The average molecular weight is 1400 g/mol. The summed E-state index contributed by atoms with van der Waals surface area (Å²) in [6.45, 7) is 4.76. The normalized spacial score (nSPS) is 14.3. The molecule has 560 valence electrons. The van der Waals surface area contributed by atoms with Gasteiger partial charge in [-0.2, -0.15) is 0 Å². The fourth-order valence-corrected chi connectivity index (χ4v) is 12.2. The maximum Gasteiger partial charge on any atom is 0.472 e. The van der Waals surface area contributed by atoms with Crippen LogP contribution in [0.3, 0.4) is 0 Å². The van der Waals surface area contributed by atoms with Crippen LogP contribution in [0.2, 0.25) is 0 Å².